The van der Waals surface area contributed by atoms with Gasteiger partial charge in [-0.15, -0.1) is 0 Å². The van der Waals surface area contributed by atoms with Crippen LogP contribution in [-0.4, -0.2) is 59.0 Å². The second kappa shape index (κ2) is 8.68. The zero-order chi connectivity index (χ0) is 23.0. The van der Waals surface area contributed by atoms with Crippen molar-refractivity contribution in [1.82, 2.24) is 14.1 Å². The van der Waals surface area contributed by atoms with Crippen LogP contribution < -0.4 is 11.2 Å². The van der Waals surface area contributed by atoms with Gasteiger partial charge < -0.3 is 24.7 Å². The van der Waals surface area contributed by atoms with Crippen LogP contribution in [0, 0.1) is 0 Å². The van der Waals surface area contributed by atoms with Crippen molar-refractivity contribution in [2.75, 3.05) is 6.61 Å². The van der Waals surface area contributed by atoms with Crippen LogP contribution in [0.2, 0.25) is 0 Å². The van der Waals surface area contributed by atoms with Crippen LogP contribution in [-0.2, 0) is 20.4 Å². The smallest absolute Gasteiger partial charge is 0.387 e. The predicted octanol–water partition coefficient (Wildman–Crippen LogP) is -0.665. The van der Waals surface area contributed by atoms with Crippen molar-refractivity contribution in [2.45, 2.75) is 31.1 Å². The fraction of sp³-hybridized carbons (Fsp3) is 0.316. The molecule has 1 aliphatic rings. The Morgan fingerprint density at radius 1 is 1.09 bits per heavy atom. The molecule has 170 valence electrons. The summed E-state index contributed by atoms with van der Waals surface area (Å²) in [6, 6.07) is 10.3. The van der Waals surface area contributed by atoms with Crippen molar-refractivity contribution in [1.29, 1.82) is 0 Å². The van der Waals surface area contributed by atoms with Gasteiger partial charge in [0.1, 0.15) is 18.3 Å². The number of rotatable bonds is 6. The number of ether oxygens (including phenoxy) is 1. The number of benzene rings is 1. The lowest BCUT2D eigenvalue weighted by Gasteiger charge is -2.19. The summed E-state index contributed by atoms with van der Waals surface area (Å²) in [7, 11) is -4.83. The lowest BCUT2D eigenvalue weighted by atomic mass is 10.1. The highest BCUT2D eigenvalue weighted by Gasteiger charge is 2.45. The van der Waals surface area contributed by atoms with E-state index in [4.69, 9.17) is 14.5 Å². The average Bonchev–Trinajstić information content (AvgIpc) is 3.03. The fourth-order valence-electron chi connectivity index (χ4n) is 3.60. The Labute approximate surface area is 180 Å². The number of phosphoric acid groups is 1. The first-order valence-electron chi connectivity index (χ1n) is 9.52. The van der Waals surface area contributed by atoms with Gasteiger partial charge in [0.2, 0.25) is 0 Å². The Morgan fingerprint density at radius 2 is 1.84 bits per heavy atom. The highest BCUT2D eigenvalue weighted by Crippen LogP contribution is 2.38. The van der Waals surface area contributed by atoms with E-state index in [1.165, 1.54) is 0 Å². The Hall–Kier alpha value is -2.70. The van der Waals surface area contributed by atoms with Crippen LogP contribution in [0.4, 0.5) is 0 Å². The number of fused-ring (bicyclic) bond motifs is 1. The topological polar surface area (TPSA) is 173 Å². The van der Waals surface area contributed by atoms with Gasteiger partial charge in [-0.05, 0) is 11.5 Å². The molecule has 4 N–H and O–H groups in total. The molecule has 0 spiro atoms. The van der Waals surface area contributed by atoms with E-state index in [2.05, 4.69) is 9.51 Å². The molecular formula is C19H20N3O9P. The molecule has 0 saturated carbocycles. The minimum absolute atomic E-state index is 0.143. The normalized spacial score (nSPS) is 23.6. The van der Waals surface area contributed by atoms with Crippen LogP contribution in [0.5, 0.6) is 0 Å². The first-order chi connectivity index (χ1) is 15.2. The van der Waals surface area contributed by atoms with Crippen molar-refractivity contribution in [2.24, 2.45) is 0 Å². The summed E-state index contributed by atoms with van der Waals surface area (Å²) < 4.78 is 22.5. The number of aliphatic hydroxyl groups excluding tert-OH is 2. The number of nitrogens with zero attached hydrogens (tertiary/aromatic N) is 3. The molecule has 13 heteroatoms. The first kappa shape index (κ1) is 22.5. The van der Waals surface area contributed by atoms with Crippen molar-refractivity contribution in [3.8, 4) is 0 Å². The van der Waals surface area contributed by atoms with Crippen LogP contribution in [0.25, 0.3) is 10.8 Å². The molecule has 2 aromatic heterocycles. The van der Waals surface area contributed by atoms with E-state index in [0.29, 0.717) is 5.69 Å². The predicted molar refractivity (Wildman–Crippen MR) is 110 cm³/mol. The van der Waals surface area contributed by atoms with Gasteiger partial charge >= 0.3 is 13.5 Å². The highest BCUT2D eigenvalue weighted by molar-refractivity contribution is 7.46. The maximum absolute atomic E-state index is 13.1. The Bertz CT molecular complexity index is 1300. The van der Waals surface area contributed by atoms with E-state index in [1.54, 1.807) is 12.3 Å². The second-order valence-electron chi connectivity index (χ2n) is 7.24. The molecular weight excluding hydrogens is 445 g/mol. The summed E-state index contributed by atoms with van der Waals surface area (Å²) in [5.41, 5.74) is -0.934. The third kappa shape index (κ3) is 4.43. The van der Waals surface area contributed by atoms with Gasteiger partial charge in [-0.1, -0.05) is 24.3 Å². The van der Waals surface area contributed by atoms with Gasteiger partial charge in [-0.3, -0.25) is 23.4 Å². The Morgan fingerprint density at radius 3 is 2.59 bits per heavy atom. The van der Waals surface area contributed by atoms with Crippen molar-refractivity contribution >= 4 is 18.6 Å². The SMILES string of the molecule is O=c1ccn([C@@H]2O[C@H](COP(=O)(O)O)[C@H](O)C2O)c(=O)n1Cc1nccc2ccccc12. The standard InChI is InChI=1S/C19H20N3O9P/c23-15-6-8-21(18-17(25)16(24)14(31-18)10-30-32(27,28)29)19(26)22(15)9-13-12-4-2-1-3-11(12)5-7-20-13/h1-8,14,16-18,24-25H,9-10H2,(H2,27,28,29)/t14-,16+,17?,18-/m1/s1. The summed E-state index contributed by atoms with van der Waals surface area (Å²) in [6.45, 7) is -0.858. The van der Waals surface area contributed by atoms with E-state index < -0.39 is 50.2 Å². The molecule has 1 aromatic carbocycles. The Balaban J connectivity index is 1.66. The number of pyridine rings is 1. The van der Waals surface area contributed by atoms with E-state index in [0.717, 1.165) is 32.2 Å². The summed E-state index contributed by atoms with van der Waals surface area (Å²) in [6.07, 6.45) is -3.23. The Kier molecular flexibility index (Phi) is 6.10. The highest BCUT2D eigenvalue weighted by atomic mass is 31.2. The molecule has 12 nitrogen and oxygen atoms in total. The third-order valence-corrected chi connectivity index (χ3v) is 5.66. The van der Waals surface area contributed by atoms with Gasteiger partial charge in [0.15, 0.2) is 6.23 Å². The zero-order valence-corrected chi connectivity index (χ0v) is 17.4. The summed E-state index contributed by atoms with van der Waals surface area (Å²) in [5.74, 6) is 0. The van der Waals surface area contributed by atoms with Gasteiger partial charge in [0, 0.05) is 23.8 Å². The molecule has 1 unspecified atom stereocenters. The van der Waals surface area contributed by atoms with Crippen LogP contribution in [0.15, 0.2) is 58.4 Å². The van der Waals surface area contributed by atoms with E-state index in [1.807, 2.05) is 24.3 Å². The number of hydrogen-bond acceptors (Lipinski definition) is 8. The first-order valence-corrected chi connectivity index (χ1v) is 11.0. The molecule has 0 amide bonds. The largest absolute Gasteiger partial charge is 0.469 e. The molecule has 0 bridgehead atoms. The van der Waals surface area contributed by atoms with Gasteiger partial charge in [0.25, 0.3) is 5.56 Å². The maximum Gasteiger partial charge on any atom is 0.469 e. The van der Waals surface area contributed by atoms with E-state index in [9.17, 15) is 24.4 Å². The molecule has 1 aliphatic heterocycles. The molecule has 3 heterocycles. The molecule has 3 aromatic rings. The number of hydrogen-bond donors (Lipinski definition) is 4. The maximum atomic E-state index is 13.1. The molecule has 0 aliphatic carbocycles. The quantitative estimate of drug-likeness (QED) is 0.342. The van der Waals surface area contributed by atoms with E-state index in [-0.39, 0.29) is 6.54 Å². The monoisotopic (exact) mass is 465 g/mol. The van der Waals surface area contributed by atoms with Crippen molar-refractivity contribution in [3.63, 3.8) is 0 Å². The van der Waals surface area contributed by atoms with Crippen LogP contribution in [0.3, 0.4) is 0 Å². The fourth-order valence-corrected chi connectivity index (χ4v) is 3.94. The third-order valence-electron chi connectivity index (χ3n) is 5.18. The lowest BCUT2D eigenvalue weighted by Crippen LogP contribution is -2.43. The number of aliphatic hydroxyl groups is 2. The molecule has 4 atom stereocenters. The second-order valence-corrected chi connectivity index (χ2v) is 8.48. The minimum Gasteiger partial charge on any atom is -0.387 e. The molecule has 1 saturated heterocycles. The number of phosphoric ester groups is 1. The van der Waals surface area contributed by atoms with Crippen LogP contribution >= 0.6 is 7.82 Å². The molecule has 4 rings (SSSR count). The van der Waals surface area contributed by atoms with Crippen LogP contribution in [0.1, 0.15) is 11.9 Å². The molecule has 32 heavy (non-hydrogen) atoms. The molecule has 0 radical (unpaired) electrons. The summed E-state index contributed by atoms with van der Waals surface area (Å²) in [5, 5.41) is 22.1. The van der Waals surface area contributed by atoms with Gasteiger partial charge in [-0.25, -0.2) is 9.36 Å². The number of aromatic nitrogens is 3. The van der Waals surface area contributed by atoms with E-state index >= 15 is 0 Å². The minimum atomic E-state index is -4.83. The van der Waals surface area contributed by atoms with Crippen molar-refractivity contribution < 1.29 is 33.8 Å². The zero-order valence-electron chi connectivity index (χ0n) is 16.5. The summed E-state index contributed by atoms with van der Waals surface area (Å²) in [4.78, 5) is 47.4. The lowest BCUT2D eigenvalue weighted by molar-refractivity contribution is -0.0548. The van der Waals surface area contributed by atoms with Crippen molar-refractivity contribution in [3.05, 3.63) is 75.3 Å². The van der Waals surface area contributed by atoms with Gasteiger partial charge in [-0.2, -0.15) is 0 Å². The molecule has 1 fully saturated rings. The summed E-state index contributed by atoms with van der Waals surface area (Å²) >= 11 is 0. The van der Waals surface area contributed by atoms with Gasteiger partial charge in [0.05, 0.1) is 18.8 Å². The average molecular weight is 465 g/mol.